The van der Waals surface area contributed by atoms with Gasteiger partial charge >= 0.3 is 0 Å². The fraction of sp³-hybridized carbons (Fsp3) is 0.815. The summed E-state index contributed by atoms with van der Waals surface area (Å²) in [4.78, 5) is 12.1. The molecule has 168 valence electrons. The lowest BCUT2D eigenvalue weighted by Gasteiger charge is -2.61. The Morgan fingerprint density at radius 2 is 2.00 bits per heavy atom. The largest absolute Gasteiger partial charge is 0.393 e. The highest BCUT2D eigenvalue weighted by Gasteiger charge is 2.64. The number of aliphatic hydroxyl groups excluding tert-OH is 2. The lowest BCUT2D eigenvalue weighted by atomic mass is 9.45. The van der Waals surface area contributed by atoms with Crippen LogP contribution >= 0.6 is 0 Å². The zero-order valence-electron chi connectivity index (χ0n) is 19.5. The van der Waals surface area contributed by atoms with Gasteiger partial charge in [-0.3, -0.25) is 4.79 Å². The first-order chi connectivity index (χ1) is 14.1. The lowest BCUT2D eigenvalue weighted by Crippen LogP contribution is -2.60. The Hall–Kier alpha value is -0.930. The Labute approximate surface area is 183 Å². The number of ketones is 1. The fourth-order valence-electron chi connectivity index (χ4n) is 8.39. The topological polar surface area (TPSA) is 57.5 Å². The van der Waals surface area contributed by atoms with Gasteiger partial charge in [-0.05, 0) is 98.4 Å². The molecule has 0 aromatic heterocycles. The summed E-state index contributed by atoms with van der Waals surface area (Å²) in [5, 5.41) is 22.8. The van der Waals surface area contributed by atoms with Crippen LogP contribution < -0.4 is 0 Å². The van der Waals surface area contributed by atoms with Gasteiger partial charge in [-0.2, -0.15) is 0 Å². The predicted octanol–water partition coefficient (Wildman–Crippen LogP) is 5.46. The SMILES string of the molecule is C=C(C)CCC[C@@H](C)[C@H]1CC[C@H]2[C@@H]3[C@H](O)CC4=CC(=O)CC[C@]4(C)[C@H]3C[C@H](O)[C@]12C. The number of rotatable bonds is 5. The van der Waals surface area contributed by atoms with Crippen molar-refractivity contribution in [2.75, 3.05) is 0 Å². The molecule has 0 aromatic carbocycles. The molecule has 0 aromatic rings. The lowest BCUT2D eigenvalue weighted by molar-refractivity contribution is -0.168. The first kappa shape index (κ1) is 22.3. The van der Waals surface area contributed by atoms with E-state index in [-0.39, 0.29) is 40.7 Å². The third-order valence-corrected chi connectivity index (χ3v) is 10.1. The van der Waals surface area contributed by atoms with E-state index in [1.165, 1.54) is 24.8 Å². The molecule has 0 unspecified atom stereocenters. The smallest absolute Gasteiger partial charge is 0.155 e. The number of aliphatic hydroxyl groups is 2. The summed E-state index contributed by atoms with van der Waals surface area (Å²) in [5.74, 6) is 2.23. The van der Waals surface area contributed by atoms with Gasteiger partial charge in [0.05, 0.1) is 12.2 Å². The summed E-state index contributed by atoms with van der Waals surface area (Å²) >= 11 is 0. The molecule has 0 aliphatic heterocycles. The van der Waals surface area contributed by atoms with Crippen molar-refractivity contribution < 1.29 is 15.0 Å². The van der Waals surface area contributed by atoms with Crippen molar-refractivity contribution in [3.8, 4) is 0 Å². The fourth-order valence-corrected chi connectivity index (χ4v) is 8.39. The van der Waals surface area contributed by atoms with E-state index < -0.39 is 0 Å². The number of allylic oxidation sites excluding steroid dienone is 1. The molecule has 2 N–H and O–H groups in total. The average Bonchev–Trinajstić information content (AvgIpc) is 3.02. The van der Waals surface area contributed by atoms with Gasteiger partial charge in [0.1, 0.15) is 0 Å². The minimum absolute atomic E-state index is 0.0364. The number of hydrogen-bond donors (Lipinski definition) is 2. The minimum atomic E-state index is -0.380. The molecule has 0 bridgehead atoms. The second kappa shape index (κ2) is 7.89. The number of fused-ring (bicyclic) bond motifs is 5. The molecule has 30 heavy (non-hydrogen) atoms. The second-order valence-corrected chi connectivity index (χ2v) is 11.7. The molecule has 3 heteroatoms. The minimum Gasteiger partial charge on any atom is -0.393 e. The maximum absolute atomic E-state index is 12.1. The molecule has 9 atom stereocenters. The number of hydrogen-bond acceptors (Lipinski definition) is 3. The number of carbonyl (C=O) groups is 1. The standard InChI is InChI=1S/C27H42O3/c1-16(2)7-6-8-17(3)20-9-10-21-25-22(15-24(30)27(20,21)5)26(4)12-11-19(28)13-18(26)14-23(25)29/h13,17,20-25,29-30H,1,6-12,14-15H2,2-5H3/t17-,20-,21+,22+,23-,24+,25+,26+,27-/m1/s1. The van der Waals surface area contributed by atoms with Gasteiger partial charge in [-0.15, -0.1) is 6.58 Å². The zero-order valence-corrected chi connectivity index (χ0v) is 19.5. The summed E-state index contributed by atoms with van der Waals surface area (Å²) in [6, 6.07) is 0. The van der Waals surface area contributed by atoms with Crippen LogP contribution in [0, 0.1) is 40.4 Å². The molecular weight excluding hydrogens is 372 g/mol. The third-order valence-electron chi connectivity index (χ3n) is 10.1. The quantitative estimate of drug-likeness (QED) is 0.587. The van der Waals surface area contributed by atoms with E-state index in [4.69, 9.17) is 0 Å². The Morgan fingerprint density at radius 3 is 2.70 bits per heavy atom. The first-order valence-electron chi connectivity index (χ1n) is 12.3. The summed E-state index contributed by atoms with van der Waals surface area (Å²) in [5.41, 5.74) is 2.26. The van der Waals surface area contributed by atoms with E-state index in [1.54, 1.807) is 0 Å². The molecule has 0 saturated heterocycles. The molecule has 0 radical (unpaired) electrons. The van der Waals surface area contributed by atoms with Crippen molar-refractivity contribution in [3.63, 3.8) is 0 Å². The first-order valence-corrected chi connectivity index (χ1v) is 12.3. The summed E-state index contributed by atoms with van der Waals surface area (Å²) in [7, 11) is 0. The van der Waals surface area contributed by atoms with Gasteiger partial charge in [0.15, 0.2) is 5.78 Å². The van der Waals surface area contributed by atoms with E-state index in [0.717, 1.165) is 31.3 Å². The third kappa shape index (κ3) is 3.35. The summed E-state index contributed by atoms with van der Waals surface area (Å²) in [6.07, 6.45) is 9.78. The highest BCUT2D eigenvalue weighted by atomic mass is 16.3. The van der Waals surface area contributed by atoms with Crippen LogP contribution in [0.3, 0.4) is 0 Å². The Morgan fingerprint density at radius 1 is 1.27 bits per heavy atom. The van der Waals surface area contributed by atoms with Crippen LogP contribution in [0.25, 0.3) is 0 Å². The van der Waals surface area contributed by atoms with Gasteiger partial charge in [0.25, 0.3) is 0 Å². The Kier molecular flexibility index (Phi) is 5.85. The molecule has 4 aliphatic rings. The highest BCUT2D eigenvalue weighted by molar-refractivity contribution is 5.91. The molecular formula is C27H42O3. The maximum atomic E-state index is 12.1. The summed E-state index contributed by atoms with van der Waals surface area (Å²) < 4.78 is 0. The molecule has 4 aliphatic carbocycles. The van der Waals surface area contributed by atoms with Crippen LogP contribution in [0.5, 0.6) is 0 Å². The monoisotopic (exact) mass is 414 g/mol. The predicted molar refractivity (Wildman–Crippen MR) is 121 cm³/mol. The van der Waals surface area contributed by atoms with E-state index in [9.17, 15) is 15.0 Å². The Balaban J connectivity index is 1.59. The number of carbonyl (C=O) groups excluding carboxylic acids is 1. The van der Waals surface area contributed by atoms with E-state index >= 15 is 0 Å². The van der Waals surface area contributed by atoms with Crippen LogP contribution in [0.15, 0.2) is 23.8 Å². The molecule has 0 heterocycles. The molecule has 0 spiro atoms. The Bertz CT molecular complexity index is 738. The van der Waals surface area contributed by atoms with Crippen LogP contribution in [0.2, 0.25) is 0 Å². The zero-order chi connectivity index (χ0) is 21.8. The molecule has 4 rings (SSSR count). The molecule has 3 nitrogen and oxygen atoms in total. The molecule has 0 amide bonds. The van der Waals surface area contributed by atoms with Crippen molar-refractivity contribution in [2.45, 2.75) is 97.7 Å². The van der Waals surface area contributed by atoms with E-state index in [0.29, 0.717) is 30.6 Å². The van der Waals surface area contributed by atoms with Crippen molar-refractivity contribution in [2.24, 2.45) is 40.4 Å². The van der Waals surface area contributed by atoms with Crippen LogP contribution in [-0.2, 0) is 4.79 Å². The van der Waals surface area contributed by atoms with Crippen molar-refractivity contribution in [3.05, 3.63) is 23.8 Å². The van der Waals surface area contributed by atoms with E-state index in [2.05, 4.69) is 34.3 Å². The van der Waals surface area contributed by atoms with Crippen LogP contribution in [-0.4, -0.2) is 28.2 Å². The highest BCUT2D eigenvalue weighted by Crippen LogP contribution is 2.67. The molecule has 3 saturated carbocycles. The van der Waals surface area contributed by atoms with Gasteiger partial charge in [0.2, 0.25) is 0 Å². The van der Waals surface area contributed by atoms with Crippen molar-refractivity contribution in [1.82, 2.24) is 0 Å². The van der Waals surface area contributed by atoms with Gasteiger partial charge in [-0.25, -0.2) is 0 Å². The van der Waals surface area contributed by atoms with Gasteiger partial charge in [-0.1, -0.05) is 38.3 Å². The average molecular weight is 415 g/mol. The van der Waals surface area contributed by atoms with Crippen molar-refractivity contribution in [1.29, 1.82) is 0 Å². The van der Waals surface area contributed by atoms with Crippen LogP contribution in [0.1, 0.15) is 85.5 Å². The van der Waals surface area contributed by atoms with E-state index in [1.807, 2.05) is 6.08 Å². The van der Waals surface area contributed by atoms with Crippen molar-refractivity contribution >= 4 is 5.78 Å². The normalized spacial score (nSPS) is 46.5. The van der Waals surface area contributed by atoms with Crippen LogP contribution in [0.4, 0.5) is 0 Å². The second-order valence-electron chi connectivity index (χ2n) is 11.7. The maximum Gasteiger partial charge on any atom is 0.155 e. The van der Waals surface area contributed by atoms with Gasteiger partial charge in [0, 0.05) is 6.42 Å². The summed E-state index contributed by atoms with van der Waals surface area (Å²) in [6.45, 7) is 13.2. The molecule has 3 fully saturated rings. The van der Waals surface area contributed by atoms with Gasteiger partial charge < -0.3 is 10.2 Å².